The number of carbonyl (C=O) groups excluding carboxylic acids is 1. The Morgan fingerprint density at radius 2 is 2.21 bits per heavy atom. The highest BCUT2D eigenvalue weighted by Gasteiger charge is 2.33. The number of nitrogens with zero attached hydrogens (tertiary/aromatic N) is 1. The minimum Gasteiger partial charge on any atom is -0.480 e. The van der Waals surface area contributed by atoms with Crippen LogP contribution in [0.4, 0.5) is 0 Å². The smallest absolute Gasteiger partial charge is 0.327 e. The zero-order valence-electron chi connectivity index (χ0n) is 9.90. The maximum atomic E-state index is 12.4. The number of nitrogens with one attached hydrogen (secondary N) is 1. The second-order valence-electron chi connectivity index (χ2n) is 4.18. The van der Waals surface area contributed by atoms with Crippen molar-refractivity contribution < 1.29 is 14.7 Å². The monoisotopic (exact) mass is 346 g/mol. The van der Waals surface area contributed by atoms with Gasteiger partial charge in [-0.05, 0) is 18.2 Å². The fraction of sp³-hybridized carbons (Fsp3) is 0.333. The molecule has 0 aromatic heterocycles. The molecule has 19 heavy (non-hydrogen) atoms. The Balaban J connectivity index is 2.31. The highest BCUT2D eigenvalue weighted by molar-refractivity contribution is 9.10. The molecule has 0 saturated carbocycles. The number of carboxylic acids is 1. The third kappa shape index (κ3) is 3.08. The summed E-state index contributed by atoms with van der Waals surface area (Å²) in [5.41, 5.74) is 0.309. The number of hydrogen-bond donors (Lipinski definition) is 2. The quantitative estimate of drug-likeness (QED) is 0.852. The lowest BCUT2D eigenvalue weighted by atomic mass is 10.1. The molecule has 2 rings (SSSR count). The summed E-state index contributed by atoms with van der Waals surface area (Å²) in [5.74, 6) is -1.38. The van der Waals surface area contributed by atoms with Gasteiger partial charge in [0.25, 0.3) is 5.91 Å². The number of aliphatic carboxylic acids is 1. The predicted molar refractivity (Wildman–Crippen MR) is 74.5 cm³/mol. The molecule has 0 radical (unpaired) electrons. The van der Waals surface area contributed by atoms with E-state index in [9.17, 15) is 9.59 Å². The Morgan fingerprint density at radius 1 is 1.47 bits per heavy atom. The third-order valence-corrected chi connectivity index (χ3v) is 3.77. The van der Waals surface area contributed by atoms with Crippen molar-refractivity contribution >= 4 is 39.4 Å². The van der Waals surface area contributed by atoms with Gasteiger partial charge in [-0.15, -0.1) is 0 Å². The van der Waals surface area contributed by atoms with Crippen LogP contribution in [0.25, 0.3) is 0 Å². The van der Waals surface area contributed by atoms with Crippen LogP contribution in [0, 0.1) is 0 Å². The molecule has 1 amide bonds. The van der Waals surface area contributed by atoms with Crippen LogP contribution in [0.1, 0.15) is 10.4 Å². The van der Waals surface area contributed by atoms with E-state index in [-0.39, 0.29) is 12.5 Å². The first kappa shape index (κ1) is 14.3. The van der Waals surface area contributed by atoms with Gasteiger partial charge in [0.05, 0.1) is 10.6 Å². The molecule has 1 aliphatic heterocycles. The Morgan fingerprint density at radius 3 is 2.89 bits per heavy atom. The van der Waals surface area contributed by atoms with Crippen LogP contribution in [0.5, 0.6) is 0 Å². The highest BCUT2D eigenvalue weighted by Crippen LogP contribution is 2.23. The Labute approximate surface area is 123 Å². The largest absolute Gasteiger partial charge is 0.480 e. The molecule has 1 aliphatic rings. The van der Waals surface area contributed by atoms with Gasteiger partial charge in [-0.2, -0.15) is 0 Å². The molecule has 5 nitrogen and oxygen atoms in total. The topological polar surface area (TPSA) is 69.6 Å². The maximum absolute atomic E-state index is 12.4. The van der Waals surface area contributed by atoms with E-state index >= 15 is 0 Å². The molecule has 102 valence electrons. The maximum Gasteiger partial charge on any atom is 0.327 e. The van der Waals surface area contributed by atoms with Crippen molar-refractivity contribution in [1.29, 1.82) is 0 Å². The second-order valence-corrected chi connectivity index (χ2v) is 5.50. The van der Waals surface area contributed by atoms with Crippen LogP contribution in [0.3, 0.4) is 0 Å². The number of carboxylic acid groups (broad SMARTS) is 1. The summed E-state index contributed by atoms with van der Waals surface area (Å²) in [6, 6.07) is 4.07. The van der Waals surface area contributed by atoms with Crippen molar-refractivity contribution in [3.8, 4) is 0 Å². The molecule has 1 atom stereocenters. The SMILES string of the molecule is O=C(O)C1CNCCN1C(=O)c1cc(Br)ccc1Cl. The third-order valence-electron chi connectivity index (χ3n) is 2.95. The highest BCUT2D eigenvalue weighted by atomic mass is 79.9. The van der Waals surface area contributed by atoms with E-state index in [1.807, 2.05) is 0 Å². The fourth-order valence-electron chi connectivity index (χ4n) is 1.98. The minimum absolute atomic E-state index is 0.243. The van der Waals surface area contributed by atoms with Crippen LogP contribution in [0.15, 0.2) is 22.7 Å². The lowest BCUT2D eigenvalue weighted by molar-refractivity contribution is -0.142. The molecule has 2 N–H and O–H groups in total. The number of hydrogen-bond acceptors (Lipinski definition) is 3. The number of rotatable bonds is 2. The van der Waals surface area contributed by atoms with Crippen LogP contribution >= 0.6 is 27.5 Å². The van der Waals surface area contributed by atoms with Crippen molar-refractivity contribution in [2.75, 3.05) is 19.6 Å². The first-order valence-corrected chi connectivity index (χ1v) is 6.87. The molecule has 1 aromatic rings. The van der Waals surface area contributed by atoms with Crippen molar-refractivity contribution in [2.45, 2.75) is 6.04 Å². The van der Waals surface area contributed by atoms with E-state index in [0.717, 1.165) is 4.47 Å². The molecule has 1 fully saturated rings. The van der Waals surface area contributed by atoms with E-state index in [1.54, 1.807) is 18.2 Å². The van der Waals surface area contributed by atoms with Gasteiger partial charge in [0.15, 0.2) is 0 Å². The molecular formula is C12H12BrClN2O3. The number of piperazine rings is 1. The van der Waals surface area contributed by atoms with E-state index in [4.69, 9.17) is 16.7 Å². The Bertz CT molecular complexity index is 524. The van der Waals surface area contributed by atoms with Gasteiger partial charge in [0, 0.05) is 24.1 Å². The summed E-state index contributed by atoms with van der Waals surface area (Å²) in [7, 11) is 0. The zero-order valence-corrected chi connectivity index (χ0v) is 12.2. The van der Waals surface area contributed by atoms with Gasteiger partial charge in [0.1, 0.15) is 6.04 Å². The molecule has 0 spiro atoms. The van der Waals surface area contributed by atoms with E-state index in [0.29, 0.717) is 23.7 Å². The first-order valence-electron chi connectivity index (χ1n) is 5.70. The number of benzene rings is 1. The molecular weight excluding hydrogens is 336 g/mol. The molecule has 1 aromatic carbocycles. The minimum atomic E-state index is -1.02. The molecule has 0 bridgehead atoms. The predicted octanol–water partition coefficient (Wildman–Crippen LogP) is 1.60. The van der Waals surface area contributed by atoms with Crippen LogP contribution < -0.4 is 5.32 Å². The Kier molecular flexibility index (Phi) is 4.44. The summed E-state index contributed by atoms with van der Waals surface area (Å²) in [6.45, 7) is 1.16. The average Bonchev–Trinajstić information content (AvgIpc) is 2.40. The molecule has 1 unspecified atom stereocenters. The normalized spacial score (nSPS) is 19.3. The fourth-order valence-corrected chi connectivity index (χ4v) is 2.54. The van der Waals surface area contributed by atoms with Gasteiger partial charge in [0.2, 0.25) is 0 Å². The van der Waals surface area contributed by atoms with E-state index < -0.39 is 12.0 Å². The standard InChI is InChI=1S/C12H12BrClN2O3/c13-7-1-2-9(14)8(5-7)11(17)16-4-3-15-6-10(16)12(18)19/h1-2,5,10,15H,3-4,6H2,(H,18,19). The summed E-state index contributed by atoms with van der Waals surface area (Å²) in [6.07, 6.45) is 0. The summed E-state index contributed by atoms with van der Waals surface area (Å²) in [4.78, 5) is 24.9. The summed E-state index contributed by atoms with van der Waals surface area (Å²) < 4.78 is 0.724. The van der Waals surface area contributed by atoms with Crippen LogP contribution in [-0.4, -0.2) is 47.6 Å². The summed E-state index contributed by atoms with van der Waals surface area (Å²) >= 11 is 9.28. The summed E-state index contributed by atoms with van der Waals surface area (Å²) in [5, 5.41) is 12.4. The Hall–Kier alpha value is -1.11. The van der Waals surface area contributed by atoms with Gasteiger partial charge in [-0.25, -0.2) is 4.79 Å². The molecule has 1 heterocycles. The van der Waals surface area contributed by atoms with E-state index in [1.165, 1.54) is 4.90 Å². The van der Waals surface area contributed by atoms with Crippen molar-refractivity contribution in [1.82, 2.24) is 10.2 Å². The van der Waals surface area contributed by atoms with Gasteiger partial charge < -0.3 is 15.3 Å². The average molecular weight is 348 g/mol. The van der Waals surface area contributed by atoms with Gasteiger partial charge >= 0.3 is 5.97 Å². The van der Waals surface area contributed by atoms with Crippen LogP contribution in [-0.2, 0) is 4.79 Å². The van der Waals surface area contributed by atoms with Crippen molar-refractivity contribution in [2.24, 2.45) is 0 Å². The lowest BCUT2D eigenvalue weighted by Crippen LogP contribution is -2.57. The van der Waals surface area contributed by atoms with E-state index in [2.05, 4.69) is 21.2 Å². The molecule has 0 aliphatic carbocycles. The van der Waals surface area contributed by atoms with Gasteiger partial charge in [-0.1, -0.05) is 27.5 Å². The van der Waals surface area contributed by atoms with Crippen molar-refractivity contribution in [3.63, 3.8) is 0 Å². The van der Waals surface area contributed by atoms with Gasteiger partial charge in [-0.3, -0.25) is 4.79 Å². The number of halogens is 2. The zero-order chi connectivity index (χ0) is 14.0. The number of carbonyl (C=O) groups is 2. The first-order chi connectivity index (χ1) is 9.00. The number of amides is 1. The molecule has 7 heteroatoms. The second kappa shape index (κ2) is 5.90. The van der Waals surface area contributed by atoms with Crippen LogP contribution in [0.2, 0.25) is 5.02 Å². The van der Waals surface area contributed by atoms with Crippen molar-refractivity contribution in [3.05, 3.63) is 33.3 Å². The molecule has 1 saturated heterocycles. The lowest BCUT2D eigenvalue weighted by Gasteiger charge is -2.33.